The number of carbonyl (C=O) groups is 5. The Hall–Kier alpha value is -1.74. The van der Waals surface area contributed by atoms with Crippen molar-refractivity contribution in [3.63, 3.8) is 0 Å². The van der Waals surface area contributed by atoms with Crippen molar-refractivity contribution in [3.05, 3.63) is 10.8 Å². The van der Waals surface area contributed by atoms with E-state index in [4.69, 9.17) is 71.6 Å². The SMILES string of the molecule is CCCCCCCCCCCC(=O)OCC(COP(=O)([O-])OCC(O)COP(=O)([O-])OCC(COC(=O)CCCCCCCCCCC)OC(=O)CCCCCCCCCCC)OC(=O)CCCCCCCCCCC.Cl.NC(N)=NC(=O)c1nc(Cl)c(N)nc1N.[Na+].[Na+]. The third-order valence-electron chi connectivity index (χ3n) is 14.4. The first-order valence-electron chi connectivity index (χ1n) is 33.9. The molecule has 1 amide bonds. The van der Waals surface area contributed by atoms with Gasteiger partial charge in [-0.3, -0.25) is 33.1 Å². The number of halogens is 2. The van der Waals surface area contributed by atoms with E-state index in [2.05, 4.69) is 42.7 Å². The number of nitrogens with two attached hydrogens (primary N) is 4. The molecule has 4 atom stereocenters. The van der Waals surface area contributed by atoms with Gasteiger partial charge in [-0.2, -0.15) is 4.99 Å². The fraction of sp³-hybridized carbons (Fsp3) is 0.841. The van der Waals surface area contributed by atoms with Gasteiger partial charge in [-0.1, -0.05) is 245 Å². The summed E-state index contributed by atoms with van der Waals surface area (Å²) >= 11 is 5.55. The van der Waals surface area contributed by atoms with Crippen molar-refractivity contribution in [2.75, 3.05) is 51.1 Å². The molecule has 25 nitrogen and oxygen atoms in total. The zero-order valence-electron chi connectivity index (χ0n) is 58.0. The Balaban J connectivity index is -0.00000196. The molecule has 31 heteroatoms. The summed E-state index contributed by atoms with van der Waals surface area (Å²) in [5, 5.41) is 10.3. The molecule has 0 aliphatic rings. The Morgan fingerprint density at radius 1 is 0.447 bits per heavy atom. The first kappa shape index (κ1) is 98.6. The van der Waals surface area contributed by atoms with Crippen LogP contribution in [0.25, 0.3) is 0 Å². The number of aliphatic imine (C=N–C) groups is 1. The van der Waals surface area contributed by atoms with E-state index in [0.29, 0.717) is 25.7 Å². The van der Waals surface area contributed by atoms with E-state index < -0.39 is 109 Å². The van der Waals surface area contributed by atoms with Gasteiger partial charge in [-0.25, -0.2) is 9.97 Å². The van der Waals surface area contributed by atoms with E-state index in [1.54, 1.807) is 0 Å². The summed E-state index contributed by atoms with van der Waals surface area (Å²) in [4.78, 5) is 98.0. The maximum Gasteiger partial charge on any atom is 1.00 e. The predicted molar refractivity (Wildman–Crippen MR) is 357 cm³/mol. The van der Waals surface area contributed by atoms with Gasteiger partial charge >= 0.3 is 88.9 Å². The minimum atomic E-state index is -5.20. The summed E-state index contributed by atoms with van der Waals surface area (Å²) < 4.78 is 66.7. The van der Waals surface area contributed by atoms with E-state index in [0.717, 1.165) is 103 Å². The van der Waals surface area contributed by atoms with Crippen molar-refractivity contribution in [3.8, 4) is 0 Å². The van der Waals surface area contributed by atoms with Gasteiger partial charge in [0, 0.05) is 25.7 Å². The number of phosphoric ester groups is 2. The number of ether oxygens (including phenoxy) is 4. The fourth-order valence-electron chi connectivity index (χ4n) is 9.15. The molecule has 1 aromatic rings. The summed E-state index contributed by atoms with van der Waals surface area (Å²) in [5.74, 6) is -3.74. The van der Waals surface area contributed by atoms with Crippen molar-refractivity contribution in [2.24, 2.45) is 16.5 Å². The van der Waals surface area contributed by atoms with Crippen molar-refractivity contribution >= 4 is 87.0 Å². The third-order valence-corrected chi connectivity index (χ3v) is 16.6. The van der Waals surface area contributed by atoms with Gasteiger partial charge in [0.1, 0.15) is 19.3 Å². The zero-order chi connectivity index (χ0) is 67.8. The van der Waals surface area contributed by atoms with E-state index in [1.807, 2.05) is 0 Å². The van der Waals surface area contributed by atoms with Gasteiger partial charge < -0.3 is 74.9 Å². The van der Waals surface area contributed by atoms with Crippen molar-refractivity contribution in [2.45, 2.75) is 303 Å². The Bertz CT molecular complexity index is 2120. The molecule has 1 aromatic heterocycles. The number of aliphatic hydroxyl groups is 1. The molecule has 9 N–H and O–H groups in total. The molecule has 0 radical (unpaired) electrons. The van der Waals surface area contributed by atoms with Crippen molar-refractivity contribution < 1.29 is 144 Å². The third kappa shape index (κ3) is 61.4. The molecule has 0 spiro atoms. The number of anilines is 2. The van der Waals surface area contributed by atoms with E-state index >= 15 is 0 Å². The molecule has 1 heterocycles. The molecular weight excluding hydrogens is 1320 g/mol. The van der Waals surface area contributed by atoms with Gasteiger partial charge in [0.2, 0.25) is 0 Å². The summed E-state index contributed by atoms with van der Waals surface area (Å²) in [5.41, 5.74) is 20.5. The number of phosphoric acid groups is 2. The number of hydrogen-bond donors (Lipinski definition) is 5. The average Bonchev–Trinajstić information content (AvgIpc) is 1.03. The molecule has 0 saturated carbocycles. The molecule has 0 aliphatic heterocycles. The zero-order valence-corrected chi connectivity index (χ0v) is 65.3. The Kier molecular flexibility index (Phi) is 69.1. The second-order valence-electron chi connectivity index (χ2n) is 23.1. The van der Waals surface area contributed by atoms with Gasteiger partial charge in [0.15, 0.2) is 40.7 Å². The normalized spacial score (nSPS) is 13.1. The first-order valence-corrected chi connectivity index (χ1v) is 37.2. The van der Waals surface area contributed by atoms with Crippen LogP contribution in [0.15, 0.2) is 4.99 Å². The number of amides is 1. The number of guanidine groups is 1. The monoisotopic (exact) mass is 1440 g/mol. The molecule has 0 saturated heterocycles. The molecular formula is C63H117Cl2N7Na2O18P2. The van der Waals surface area contributed by atoms with E-state index in [9.17, 15) is 48.0 Å². The molecule has 0 aromatic carbocycles. The number of rotatable bonds is 59. The first-order chi connectivity index (χ1) is 43.6. The van der Waals surface area contributed by atoms with Gasteiger partial charge in [0.25, 0.3) is 15.6 Å². The summed E-state index contributed by atoms with van der Waals surface area (Å²) in [7, 11) is -10.4. The second-order valence-corrected chi connectivity index (χ2v) is 26.3. The Morgan fingerprint density at radius 3 is 1.00 bits per heavy atom. The molecule has 0 bridgehead atoms. The fourth-order valence-corrected chi connectivity index (χ4v) is 10.8. The number of nitrogens with zero attached hydrogens (tertiary/aromatic N) is 3. The molecule has 94 heavy (non-hydrogen) atoms. The van der Waals surface area contributed by atoms with Crippen LogP contribution in [0.3, 0.4) is 0 Å². The topological polar surface area (TPSA) is 402 Å². The number of unbranched alkanes of at least 4 members (excludes halogenated alkanes) is 32. The van der Waals surface area contributed by atoms with E-state index in [-0.39, 0.29) is 120 Å². The van der Waals surface area contributed by atoms with Gasteiger partial charge in [0.05, 0.1) is 26.4 Å². The minimum Gasteiger partial charge on any atom is -0.756 e. The number of hydrogen-bond acceptors (Lipinski definition) is 22. The average molecular weight is 1440 g/mol. The van der Waals surface area contributed by atoms with Crippen LogP contribution in [0.1, 0.15) is 295 Å². The Labute approximate surface area is 617 Å². The quantitative estimate of drug-likeness (QED) is 0.00826. The largest absolute Gasteiger partial charge is 1.00 e. The van der Waals surface area contributed by atoms with Crippen LogP contribution in [0, 0.1) is 0 Å². The molecule has 0 aliphatic carbocycles. The summed E-state index contributed by atoms with van der Waals surface area (Å²) in [6.07, 6.45) is 34.2. The van der Waals surface area contributed by atoms with Crippen LogP contribution >= 0.6 is 39.7 Å². The Morgan fingerprint density at radius 2 is 0.713 bits per heavy atom. The maximum absolute atomic E-state index is 12.8. The van der Waals surface area contributed by atoms with Crippen LogP contribution in [0.5, 0.6) is 0 Å². The van der Waals surface area contributed by atoms with Gasteiger partial charge in [-0.05, 0) is 25.7 Å². The summed E-state index contributed by atoms with van der Waals surface area (Å²) in [6, 6.07) is 0. The molecule has 1 rings (SSSR count). The number of aliphatic hydroxyl groups excluding tert-OH is 1. The van der Waals surface area contributed by atoms with Gasteiger partial charge in [-0.15, -0.1) is 12.4 Å². The maximum atomic E-state index is 12.8. The molecule has 4 unspecified atom stereocenters. The molecule has 538 valence electrons. The summed E-state index contributed by atoms with van der Waals surface area (Å²) in [6.45, 7) is 4.36. The molecule has 0 fully saturated rings. The van der Waals surface area contributed by atoms with E-state index in [1.165, 1.54) is 103 Å². The standard InChI is InChI=1S/C57H110O17P2.C6H8ClN7O.ClH.2Na/c1-5-9-13-17-21-25-29-33-37-41-54(59)67-47-52(73-56(61)43-39-35-31-27-23-19-15-11-7-3)49-71-75(63,64)69-45-51(58)46-70-76(65,66)72-50-53(74-57(62)44-40-36-32-28-24-20-16-12-8-4)48-68-55(60)42-38-34-30-26-22-18-14-10-6-2;7-2-4(9)13-3(8)1(12-2)5(15)14-6(10)11;;;/h51-53,58H,5-50H2,1-4H3,(H,63,64)(H,65,66);(H4,8,9,13)(H4,10,11,14,15);1H;;/q;;;2*+1/p-2. The van der Waals surface area contributed by atoms with Crippen LogP contribution in [-0.2, 0) is 65.4 Å². The van der Waals surface area contributed by atoms with Crippen molar-refractivity contribution in [1.82, 2.24) is 9.97 Å². The second kappa shape index (κ2) is 65.8. The van der Waals surface area contributed by atoms with Crippen LogP contribution in [0.4, 0.5) is 11.6 Å². The van der Waals surface area contributed by atoms with Crippen LogP contribution in [0.2, 0.25) is 5.15 Å². The smallest absolute Gasteiger partial charge is 0.756 e. The van der Waals surface area contributed by atoms with Crippen molar-refractivity contribution in [1.29, 1.82) is 0 Å². The van der Waals surface area contributed by atoms with Crippen LogP contribution in [-0.4, -0.2) is 109 Å². The number of aromatic nitrogens is 2. The number of esters is 4. The number of carbonyl (C=O) groups excluding carboxylic acids is 5. The number of nitrogen functional groups attached to an aromatic ring is 2. The minimum absolute atomic E-state index is 0. The predicted octanol–water partition coefficient (Wildman–Crippen LogP) is 7.08. The van der Waals surface area contributed by atoms with Crippen LogP contribution < -0.4 is 91.8 Å².